The minimum atomic E-state index is -0.626. The van der Waals surface area contributed by atoms with Crippen LogP contribution in [0.5, 0.6) is 5.75 Å². The molecule has 0 radical (unpaired) electrons. The standard InChI is InChI=1S/C19H29NO5/c1-12(21)13-7-14(19(2,3)4)18(24-6)15(8-13)20-9-16(22)17(10-20)25-11-23-5/h7-8,16-17,22H,9-11H2,1-6H3/t16-,17-/m1/s1. The molecule has 1 heterocycles. The number of ether oxygens (including phenoxy) is 3. The van der Waals surface area contributed by atoms with Gasteiger partial charge in [-0.15, -0.1) is 0 Å². The van der Waals surface area contributed by atoms with Crippen molar-refractivity contribution in [2.24, 2.45) is 0 Å². The number of hydrogen-bond donors (Lipinski definition) is 1. The molecule has 0 unspecified atom stereocenters. The van der Waals surface area contributed by atoms with Crippen LogP contribution in [0.25, 0.3) is 0 Å². The molecule has 1 aliphatic rings. The van der Waals surface area contributed by atoms with Crippen LogP contribution in [0.4, 0.5) is 5.69 Å². The lowest BCUT2D eigenvalue weighted by Gasteiger charge is -2.28. The van der Waals surface area contributed by atoms with Crippen molar-refractivity contribution in [3.8, 4) is 5.75 Å². The average molecular weight is 351 g/mol. The Morgan fingerprint density at radius 3 is 2.48 bits per heavy atom. The first-order valence-electron chi connectivity index (χ1n) is 8.46. The summed E-state index contributed by atoms with van der Waals surface area (Å²) >= 11 is 0. The summed E-state index contributed by atoms with van der Waals surface area (Å²) < 4.78 is 16.2. The second-order valence-electron chi connectivity index (χ2n) is 7.47. The summed E-state index contributed by atoms with van der Waals surface area (Å²) in [5.41, 5.74) is 2.23. The Hall–Kier alpha value is -1.63. The fourth-order valence-corrected chi connectivity index (χ4v) is 3.10. The molecule has 25 heavy (non-hydrogen) atoms. The number of anilines is 1. The van der Waals surface area contributed by atoms with Gasteiger partial charge in [0.2, 0.25) is 0 Å². The summed E-state index contributed by atoms with van der Waals surface area (Å²) in [5.74, 6) is 0.735. The zero-order valence-electron chi connectivity index (χ0n) is 16.0. The van der Waals surface area contributed by atoms with Gasteiger partial charge in [0.25, 0.3) is 0 Å². The third kappa shape index (κ3) is 4.32. The first-order chi connectivity index (χ1) is 11.7. The van der Waals surface area contributed by atoms with Crippen LogP contribution in [0.15, 0.2) is 12.1 Å². The van der Waals surface area contributed by atoms with E-state index < -0.39 is 6.10 Å². The topological polar surface area (TPSA) is 68.2 Å². The normalized spacial score (nSPS) is 20.8. The summed E-state index contributed by atoms with van der Waals surface area (Å²) in [5, 5.41) is 10.3. The van der Waals surface area contributed by atoms with E-state index in [1.54, 1.807) is 21.1 Å². The van der Waals surface area contributed by atoms with Gasteiger partial charge in [-0.25, -0.2) is 0 Å². The Kier molecular flexibility index (Phi) is 6.08. The van der Waals surface area contributed by atoms with Crippen LogP contribution < -0.4 is 9.64 Å². The van der Waals surface area contributed by atoms with Crippen molar-refractivity contribution >= 4 is 11.5 Å². The van der Waals surface area contributed by atoms with Crippen molar-refractivity contribution in [1.29, 1.82) is 0 Å². The molecule has 1 fully saturated rings. The Labute approximate surface area is 149 Å². The third-order valence-electron chi connectivity index (χ3n) is 4.47. The molecule has 0 bridgehead atoms. The van der Waals surface area contributed by atoms with E-state index in [9.17, 15) is 9.90 Å². The van der Waals surface area contributed by atoms with Crippen molar-refractivity contribution < 1.29 is 24.1 Å². The van der Waals surface area contributed by atoms with Gasteiger partial charge in [-0.05, 0) is 24.5 Å². The minimum Gasteiger partial charge on any atom is -0.494 e. The SMILES string of the molecule is COCO[C@@H]1CN(c2cc(C(C)=O)cc(C(C)(C)C)c2OC)C[C@H]1O. The monoisotopic (exact) mass is 351 g/mol. The summed E-state index contributed by atoms with van der Waals surface area (Å²) in [4.78, 5) is 14.0. The van der Waals surface area contributed by atoms with E-state index in [1.807, 2.05) is 17.0 Å². The Bertz CT molecular complexity index is 623. The maximum atomic E-state index is 12.0. The smallest absolute Gasteiger partial charge is 0.159 e. The van der Waals surface area contributed by atoms with E-state index in [2.05, 4.69) is 20.8 Å². The maximum absolute atomic E-state index is 12.0. The molecule has 0 aliphatic carbocycles. The van der Waals surface area contributed by atoms with Crippen molar-refractivity contribution in [3.05, 3.63) is 23.3 Å². The highest BCUT2D eigenvalue weighted by molar-refractivity contribution is 5.96. The van der Waals surface area contributed by atoms with Gasteiger partial charge in [0, 0.05) is 31.3 Å². The number of benzene rings is 1. The highest BCUT2D eigenvalue weighted by Crippen LogP contribution is 2.41. The van der Waals surface area contributed by atoms with Crippen LogP contribution in [0.2, 0.25) is 0 Å². The number of β-amino-alcohol motifs (C(OH)–C–C–N with tert-alkyl or cyclic N) is 1. The van der Waals surface area contributed by atoms with Gasteiger partial charge in [-0.1, -0.05) is 20.8 Å². The van der Waals surface area contributed by atoms with Crippen LogP contribution in [-0.4, -0.2) is 57.2 Å². The maximum Gasteiger partial charge on any atom is 0.159 e. The molecule has 1 aliphatic heterocycles. The number of aliphatic hydroxyl groups excluding tert-OH is 1. The molecule has 6 nitrogen and oxygen atoms in total. The number of methoxy groups -OCH3 is 2. The van der Waals surface area contributed by atoms with Crippen LogP contribution in [-0.2, 0) is 14.9 Å². The molecule has 0 aromatic heterocycles. The lowest BCUT2D eigenvalue weighted by Crippen LogP contribution is -2.27. The molecule has 2 atom stereocenters. The third-order valence-corrected chi connectivity index (χ3v) is 4.47. The molecule has 1 saturated heterocycles. The van der Waals surface area contributed by atoms with Gasteiger partial charge in [0.1, 0.15) is 18.6 Å². The van der Waals surface area contributed by atoms with Crippen LogP contribution in [0.3, 0.4) is 0 Å². The number of hydrogen-bond acceptors (Lipinski definition) is 6. The molecule has 0 amide bonds. The first kappa shape index (κ1) is 19.7. The van der Waals surface area contributed by atoms with Gasteiger partial charge < -0.3 is 24.2 Å². The van der Waals surface area contributed by atoms with E-state index in [0.717, 1.165) is 17.0 Å². The number of carbonyl (C=O) groups excluding carboxylic acids is 1. The predicted molar refractivity (Wildman–Crippen MR) is 96.7 cm³/mol. The average Bonchev–Trinajstić information content (AvgIpc) is 2.91. The van der Waals surface area contributed by atoms with Gasteiger partial charge in [-0.3, -0.25) is 4.79 Å². The fourth-order valence-electron chi connectivity index (χ4n) is 3.10. The Morgan fingerprint density at radius 2 is 1.96 bits per heavy atom. The fraction of sp³-hybridized carbons (Fsp3) is 0.632. The second kappa shape index (κ2) is 7.72. The molecular formula is C19H29NO5. The molecule has 0 saturated carbocycles. The largest absolute Gasteiger partial charge is 0.494 e. The molecule has 140 valence electrons. The Balaban J connectivity index is 2.46. The van der Waals surface area contributed by atoms with Gasteiger partial charge in [0.05, 0.1) is 18.9 Å². The van der Waals surface area contributed by atoms with Crippen molar-refractivity contribution in [2.75, 3.05) is 39.0 Å². The lowest BCUT2D eigenvalue weighted by atomic mass is 9.84. The quantitative estimate of drug-likeness (QED) is 0.627. The van der Waals surface area contributed by atoms with E-state index >= 15 is 0 Å². The second-order valence-corrected chi connectivity index (χ2v) is 7.47. The van der Waals surface area contributed by atoms with E-state index in [4.69, 9.17) is 14.2 Å². The van der Waals surface area contributed by atoms with Crippen LogP contribution in [0, 0.1) is 0 Å². The summed E-state index contributed by atoms with van der Waals surface area (Å²) in [6.45, 7) is 8.86. The van der Waals surface area contributed by atoms with Crippen molar-refractivity contribution in [1.82, 2.24) is 0 Å². The molecular weight excluding hydrogens is 322 g/mol. The van der Waals surface area contributed by atoms with E-state index in [-0.39, 0.29) is 24.1 Å². The summed E-state index contributed by atoms with van der Waals surface area (Å²) in [6, 6.07) is 3.73. The van der Waals surface area contributed by atoms with Crippen molar-refractivity contribution in [2.45, 2.75) is 45.3 Å². The summed E-state index contributed by atoms with van der Waals surface area (Å²) in [6.07, 6.45) is -0.970. The lowest BCUT2D eigenvalue weighted by molar-refractivity contribution is -0.0946. The summed E-state index contributed by atoms with van der Waals surface area (Å²) in [7, 11) is 3.18. The molecule has 1 aromatic carbocycles. The zero-order valence-corrected chi connectivity index (χ0v) is 16.0. The molecule has 2 rings (SSSR count). The number of Topliss-reactive ketones (excluding diaryl/α,β-unsaturated/α-hetero) is 1. The van der Waals surface area contributed by atoms with Crippen LogP contribution in [0.1, 0.15) is 43.6 Å². The van der Waals surface area contributed by atoms with Crippen LogP contribution >= 0.6 is 0 Å². The highest BCUT2D eigenvalue weighted by atomic mass is 16.7. The molecule has 0 spiro atoms. The van der Waals surface area contributed by atoms with Crippen molar-refractivity contribution in [3.63, 3.8) is 0 Å². The number of aliphatic hydroxyl groups is 1. The number of carbonyl (C=O) groups is 1. The molecule has 1 N–H and O–H groups in total. The minimum absolute atomic E-state index is 0.00123. The predicted octanol–water partition coefficient (Wildman–Crippen LogP) is 2.37. The molecule has 6 heteroatoms. The van der Waals surface area contributed by atoms with E-state index in [1.165, 1.54) is 0 Å². The van der Waals surface area contributed by atoms with E-state index in [0.29, 0.717) is 18.7 Å². The van der Waals surface area contributed by atoms with Gasteiger partial charge in [-0.2, -0.15) is 0 Å². The van der Waals surface area contributed by atoms with Gasteiger partial charge >= 0.3 is 0 Å². The molecule has 1 aromatic rings. The van der Waals surface area contributed by atoms with Gasteiger partial charge in [0.15, 0.2) is 5.78 Å². The number of rotatable bonds is 6. The number of ketones is 1. The highest BCUT2D eigenvalue weighted by Gasteiger charge is 2.35. The Morgan fingerprint density at radius 1 is 1.28 bits per heavy atom. The first-order valence-corrected chi connectivity index (χ1v) is 8.46. The zero-order chi connectivity index (χ0) is 18.8. The number of nitrogens with zero attached hydrogens (tertiary/aromatic N) is 1.